The number of benzene rings is 1. The zero-order valence-corrected chi connectivity index (χ0v) is 12.7. The van der Waals surface area contributed by atoms with Gasteiger partial charge in [-0.05, 0) is 24.3 Å². The molecule has 1 aliphatic carbocycles. The van der Waals surface area contributed by atoms with Crippen molar-refractivity contribution in [3.8, 4) is 0 Å². The standard InChI is InChI=1S/C19H25O2/c20-15-18(13-17-9-5-2-6-10-17)14-19(21)12-11-16-7-3-1-4-8-16/h2,5-6,9-10,16,18H,1,3-4,7-8,11-14H2. The van der Waals surface area contributed by atoms with Crippen LogP contribution in [0.5, 0.6) is 0 Å². The van der Waals surface area contributed by atoms with Gasteiger partial charge in [-0.25, -0.2) is 0 Å². The third-order valence-corrected chi connectivity index (χ3v) is 4.52. The summed E-state index contributed by atoms with van der Waals surface area (Å²) in [6, 6.07) is 9.87. The van der Waals surface area contributed by atoms with Crippen molar-refractivity contribution in [2.45, 2.75) is 57.8 Å². The third-order valence-electron chi connectivity index (χ3n) is 4.52. The molecule has 1 aromatic rings. The predicted molar refractivity (Wildman–Crippen MR) is 84.8 cm³/mol. The molecule has 0 aliphatic heterocycles. The van der Waals surface area contributed by atoms with Crippen molar-refractivity contribution in [1.29, 1.82) is 0 Å². The first-order chi connectivity index (χ1) is 10.3. The van der Waals surface area contributed by atoms with Crippen molar-refractivity contribution in [2.75, 3.05) is 0 Å². The van der Waals surface area contributed by atoms with Gasteiger partial charge in [0.2, 0.25) is 6.29 Å². The van der Waals surface area contributed by atoms with Crippen molar-refractivity contribution in [3.63, 3.8) is 0 Å². The molecule has 1 unspecified atom stereocenters. The molecule has 0 spiro atoms. The highest BCUT2D eigenvalue weighted by Gasteiger charge is 2.18. The first kappa shape index (κ1) is 15.9. The second-order valence-corrected chi connectivity index (χ2v) is 6.29. The number of Topliss-reactive ketones (excluding diaryl/α,β-unsaturated/α-hetero) is 1. The molecular weight excluding hydrogens is 260 g/mol. The smallest absolute Gasteiger partial charge is 0.202 e. The molecule has 0 bridgehead atoms. The molecule has 1 atom stereocenters. The van der Waals surface area contributed by atoms with Gasteiger partial charge in [0.05, 0.1) is 0 Å². The highest BCUT2D eigenvalue weighted by Crippen LogP contribution is 2.27. The maximum absolute atomic E-state index is 12.1. The fraction of sp³-hybridized carbons (Fsp3) is 0.579. The fourth-order valence-electron chi connectivity index (χ4n) is 3.27. The molecule has 1 radical (unpaired) electrons. The maximum Gasteiger partial charge on any atom is 0.202 e. The lowest BCUT2D eigenvalue weighted by atomic mass is 9.85. The third kappa shape index (κ3) is 5.82. The number of hydrogen-bond acceptors (Lipinski definition) is 2. The topological polar surface area (TPSA) is 34.1 Å². The van der Waals surface area contributed by atoms with Crippen molar-refractivity contribution in [3.05, 3.63) is 35.9 Å². The molecule has 0 amide bonds. The van der Waals surface area contributed by atoms with Crippen molar-refractivity contribution in [1.82, 2.24) is 0 Å². The average molecular weight is 285 g/mol. The van der Waals surface area contributed by atoms with Crippen LogP contribution in [0.15, 0.2) is 30.3 Å². The Hall–Kier alpha value is -1.44. The lowest BCUT2D eigenvalue weighted by Gasteiger charge is -2.21. The van der Waals surface area contributed by atoms with Crippen LogP contribution in [0.25, 0.3) is 0 Å². The molecule has 0 aromatic heterocycles. The molecule has 1 fully saturated rings. The summed E-state index contributed by atoms with van der Waals surface area (Å²) < 4.78 is 0. The Morgan fingerprint density at radius 3 is 2.52 bits per heavy atom. The summed E-state index contributed by atoms with van der Waals surface area (Å²) in [7, 11) is 0. The second kappa shape index (κ2) is 8.76. The summed E-state index contributed by atoms with van der Waals surface area (Å²) in [5, 5.41) is 0. The molecule has 2 heteroatoms. The fourth-order valence-corrected chi connectivity index (χ4v) is 3.27. The van der Waals surface area contributed by atoms with E-state index in [9.17, 15) is 9.59 Å². The van der Waals surface area contributed by atoms with Gasteiger partial charge in [0, 0.05) is 18.8 Å². The molecule has 113 valence electrons. The van der Waals surface area contributed by atoms with E-state index >= 15 is 0 Å². The lowest BCUT2D eigenvalue weighted by molar-refractivity contribution is -0.119. The van der Waals surface area contributed by atoms with Crippen LogP contribution in [-0.4, -0.2) is 12.1 Å². The predicted octanol–water partition coefficient (Wildman–Crippen LogP) is 4.27. The van der Waals surface area contributed by atoms with E-state index < -0.39 is 0 Å². The second-order valence-electron chi connectivity index (χ2n) is 6.29. The van der Waals surface area contributed by atoms with E-state index in [2.05, 4.69) is 0 Å². The van der Waals surface area contributed by atoms with Gasteiger partial charge in [0.15, 0.2) is 0 Å². The molecule has 2 rings (SSSR count). The van der Waals surface area contributed by atoms with E-state index in [1.165, 1.54) is 32.1 Å². The van der Waals surface area contributed by atoms with E-state index in [0.29, 0.717) is 19.3 Å². The van der Waals surface area contributed by atoms with Gasteiger partial charge in [0.25, 0.3) is 0 Å². The highest BCUT2D eigenvalue weighted by molar-refractivity contribution is 5.81. The first-order valence-electron chi connectivity index (χ1n) is 8.21. The van der Waals surface area contributed by atoms with Gasteiger partial charge >= 0.3 is 0 Å². The minimum atomic E-state index is -0.286. The molecule has 0 heterocycles. The molecule has 0 saturated heterocycles. The highest BCUT2D eigenvalue weighted by atomic mass is 16.1. The van der Waals surface area contributed by atoms with Crippen LogP contribution in [0.2, 0.25) is 0 Å². The number of hydrogen-bond donors (Lipinski definition) is 0. The number of ketones is 1. The van der Waals surface area contributed by atoms with Crippen LogP contribution < -0.4 is 0 Å². The Kier molecular flexibility index (Phi) is 6.65. The molecule has 21 heavy (non-hydrogen) atoms. The van der Waals surface area contributed by atoms with Crippen LogP contribution in [-0.2, 0) is 16.0 Å². The molecule has 0 N–H and O–H groups in total. The molecule has 2 nitrogen and oxygen atoms in total. The van der Waals surface area contributed by atoms with Gasteiger partial charge < -0.3 is 0 Å². The zero-order valence-electron chi connectivity index (χ0n) is 12.7. The molecule has 1 aromatic carbocycles. The molecule has 1 aliphatic rings. The lowest BCUT2D eigenvalue weighted by Crippen LogP contribution is -2.14. The normalized spacial score (nSPS) is 17.3. The van der Waals surface area contributed by atoms with Gasteiger partial charge in [-0.2, -0.15) is 0 Å². The van der Waals surface area contributed by atoms with Gasteiger partial charge in [-0.15, -0.1) is 0 Å². The summed E-state index contributed by atoms with van der Waals surface area (Å²) >= 11 is 0. The zero-order chi connectivity index (χ0) is 14.9. The Labute approximate surface area is 127 Å². The Morgan fingerprint density at radius 1 is 1.14 bits per heavy atom. The first-order valence-corrected chi connectivity index (χ1v) is 8.21. The van der Waals surface area contributed by atoms with Gasteiger partial charge in [-0.1, -0.05) is 62.4 Å². The van der Waals surface area contributed by atoms with E-state index in [4.69, 9.17) is 0 Å². The van der Waals surface area contributed by atoms with Crippen LogP contribution >= 0.6 is 0 Å². The summed E-state index contributed by atoms with van der Waals surface area (Å²) in [6.45, 7) is 0. The molecule has 1 saturated carbocycles. The van der Waals surface area contributed by atoms with Crippen molar-refractivity contribution >= 4 is 12.1 Å². The van der Waals surface area contributed by atoms with Crippen LogP contribution in [0.1, 0.15) is 56.9 Å². The number of rotatable bonds is 8. The number of carbonyl (C=O) groups is 1. The average Bonchev–Trinajstić information content (AvgIpc) is 2.54. The SMILES string of the molecule is O=[C]C(CC(=O)CCC1CCCCC1)Cc1ccccc1. The van der Waals surface area contributed by atoms with E-state index in [1.807, 2.05) is 36.6 Å². The summed E-state index contributed by atoms with van der Waals surface area (Å²) in [5.74, 6) is 0.673. The van der Waals surface area contributed by atoms with E-state index in [1.54, 1.807) is 0 Å². The minimum Gasteiger partial charge on any atom is -0.300 e. The maximum atomic E-state index is 12.1. The van der Waals surface area contributed by atoms with Crippen molar-refractivity contribution in [2.24, 2.45) is 11.8 Å². The monoisotopic (exact) mass is 285 g/mol. The largest absolute Gasteiger partial charge is 0.300 e. The van der Waals surface area contributed by atoms with Crippen molar-refractivity contribution < 1.29 is 9.59 Å². The van der Waals surface area contributed by atoms with Gasteiger partial charge in [-0.3, -0.25) is 9.59 Å². The summed E-state index contributed by atoms with van der Waals surface area (Å²) in [5.41, 5.74) is 1.10. The summed E-state index contributed by atoms with van der Waals surface area (Å²) in [4.78, 5) is 23.1. The number of carbonyl (C=O) groups excluding carboxylic acids is 2. The van der Waals surface area contributed by atoms with E-state index in [0.717, 1.165) is 17.9 Å². The Morgan fingerprint density at radius 2 is 1.86 bits per heavy atom. The quantitative estimate of drug-likeness (QED) is 0.714. The van der Waals surface area contributed by atoms with Gasteiger partial charge in [0.1, 0.15) is 5.78 Å². The van der Waals surface area contributed by atoms with Crippen LogP contribution in [0.4, 0.5) is 0 Å². The Bertz CT molecular complexity index is 432. The minimum absolute atomic E-state index is 0.227. The van der Waals surface area contributed by atoms with E-state index in [-0.39, 0.29) is 11.7 Å². The van der Waals surface area contributed by atoms with Crippen LogP contribution in [0.3, 0.4) is 0 Å². The van der Waals surface area contributed by atoms with Crippen LogP contribution in [0, 0.1) is 11.8 Å². The Balaban J connectivity index is 1.73. The molecular formula is C19H25O2. The summed E-state index contributed by atoms with van der Waals surface area (Å²) in [6.07, 6.45) is 11.2.